The molecule has 0 aromatic rings. The van der Waals surface area contributed by atoms with Gasteiger partial charge in [0.1, 0.15) is 0 Å². The molecule has 4 nitrogen and oxygen atoms in total. The largest absolute Gasteiger partial charge is 0.272 e. The summed E-state index contributed by atoms with van der Waals surface area (Å²) in [5.74, 6) is 5.01. The second kappa shape index (κ2) is 1.48. The maximum absolute atomic E-state index is 10.3. The first kappa shape index (κ1) is 4.55. The molecule has 1 rings (SSSR count). The van der Waals surface area contributed by atoms with Crippen LogP contribution in [0.4, 0.5) is 0 Å². The number of nitrogens with two attached hydrogens (primary N) is 1. The van der Waals surface area contributed by atoms with Crippen LogP contribution >= 0.6 is 0 Å². The molecule has 0 aliphatic carbocycles. The van der Waals surface area contributed by atoms with Crippen LogP contribution in [0.1, 0.15) is 6.42 Å². The van der Waals surface area contributed by atoms with E-state index in [0.717, 1.165) is 5.12 Å². The zero-order valence-corrected chi connectivity index (χ0v) is 3.85. The zero-order valence-electron chi connectivity index (χ0n) is 3.85. The van der Waals surface area contributed by atoms with Crippen LogP contribution in [0, 0.1) is 0 Å². The summed E-state index contributed by atoms with van der Waals surface area (Å²) in [6, 6.07) is 0. The molecule has 3 N–H and O–H groups in total. The number of amides is 1. The highest BCUT2D eigenvalue weighted by molar-refractivity contribution is 5.76. The molecule has 1 aliphatic heterocycles. The van der Waals surface area contributed by atoms with E-state index < -0.39 is 0 Å². The van der Waals surface area contributed by atoms with Crippen molar-refractivity contribution in [2.24, 2.45) is 5.84 Å². The van der Waals surface area contributed by atoms with E-state index in [9.17, 15) is 4.79 Å². The fraction of sp³-hybridized carbons (Fsp3) is 0.667. The second-order valence-electron chi connectivity index (χ2n) is 1.42. The van der Waals surface area contributed by atoms with E-state index in [2.05, 4.69) is 5.43 Å². The summed E-state index contributed by atoms with van der Waals surface area (Å²) in [5.41, 5.74) is 2.63. The SMILES string of the molecule is NN1NCCC1=O. The normalized spacial score (nSPS) is 21.3. The molecular weight excluding hydrogens is 94.1 g/mol. The first-order valence-electron chi connectivity index (χ1n) is 2.12. The van der Waals surface area contributed by atoms with Crippen LogP contribution < -0.4 is 11.3 Å². The van der Waals surface area contributed by atoms with E-state index in [1.807, 2.05) is 0 Å². The maximum Gasteiger partial charge on any atom is 0.252 e. The molecule has 40 valence electrons. The Morgan fingerprint density at radius 2 is 2.57 bits per heavy atom. The van der Waals surface area contributed by atoms with Crippen molar-refractivity contribution in [2.75, 3.05) is 6.54 Å². The molecule has 4 heteroatoms. The standard InChI is InChI=1S/C3H7N3O/c4-6-3(7)1-2-5-6/h5H,1-2,4H2. The minimum Gasteiger partial charge on any atom is -0.272 e. The minimum atomic E-state index is -0.0417. The molecule has 0 saturated carbocycles. The molecule has 1 amide bonds. The molecule has 0 aromatic heterocycles. The van der Waals surface area contributed by atoms with E-state index >= 15 is 0 Å². The van der Waals surface area contributed by atoms with Gasteiger partial charge in [0.25, 0.3) is 5.91 Å². The average Bonchev–Trinajstić information content (AvgIpc) is 1.91. The van der Waals surface area contributed by atoms with Gasteiger partial charge >= 0.3 is 0 Å². The Labute approximate surface area is 41.2 Å². The first-order valence-corrected chi connectivity index (χ1v) is 2.12. The summed E-state index contributed by atoms with van der Waals surface area (Å²) in [7, 11) is 0. The van der Waals surface area contributed by atoms with E-state index in [0.29, 0.717) is 13.0 Å². The van der Waals surface area contributed by atoms with Gasteiger partial charge in [-0.05, 0) is 0 Å². The number of nitrogens with zero attached hydrogens (tertiary/aromatic N) is 1. The Kier molecular flexibility index (Phi) is 0.958. The van der Waals surface area contributed by atoms with Crippen LogP contribution in [0.15, 0.2) is 0 Å². The molecule has 0 radical (unpaired) electrons. The van der Waals surface area contributed by atoms with Gasteiger partial charge in [0, 0.05) is 13.0 Å². The summed E-state index contributed by atoms with van der Waals surface area (Å²) in [6.07, 6.45) is 0.524. The van der Waals surface area contributed by atoms with E-state index in [1.165, 1.54) is 0 Å². The first-order chi connectivity index (χ1) is 3.30. The highest BCUT2D eigenvalue weighted by atomic mass is 16.2. The van der Waals surface area contributed by atoms with Crippen LogP contribution in [0.2, 0.25) is 0 Å². The highest BCUT2D eigenvalue weighted by Crippen LogP contribution is 1.89. The van der Waals surface area contributed by atoms with Gasteiger partial charge in [0.15, 0.2) is 0 Å². The van der Waals surface area contributed by atoms with Gasteiger partial charge in [-0.3, -0.25) is 4.79 Å². The lowest BCUT2D eigenvalue weighted by Crippen LogP contribution is -2.40. The van der Waals surface area contributed by atoms with Crippen LogP contribution in [0.3, 0.4) is 0 Å². The summed E-state index contributed by atoms with van der Waals surface area (Å²) < 4.78 is 0. The fourth-order valence-electron chi connectivity index (χ4n) is 0.492. The lowest BCUT2D eigenvalue weighted by Gasteiger charge is -2.03. The Bertz CT molecular complexity index is 92.2. The summed E-state index contributed by atoms with van der Waals surface area (Å²) >= 11 is 0. The van der Waals surface area contributed by atoms with Crippen molar-refractivity contribution in [1.29, 1.82) is 0 Å². The Morgan fingerprint density at radius 1 is 1.86 bits per heavy atom. The molecule has 1 saturated heterocycles. The van der Waals surface area contributed by atoms with Crippen molar-refractivity contribution in [3.05, 3.63) is 0 Å². The van der Waals surface area contributed by atoms with Crippen molar-refractivity contribution >= 4 is 5.91 Å². The quantitative estimate of drug-likeness (QED) is 0.291. The van der Waals surface area contributed by atoms with Gasteiger partial charge in [0.2, 0.25) is 0 Å². The summed E-state index contributed by atoms with van der Waals surface area (Å²) in [4.78, 5) is 10.3. The van der Waals surface area contributed by atoms with Gasteiger partial charge in [-0.25, -0.2) is 16.4 Å². The van der Waals surface area contributed by atoms with E-state index in [1.54, 1.807) is 0 Å². The van der Waals surface area contributed by atoms with Crippen LogP contribution in [0.5, 0.6) is 0 Å². The predicted molar refractivity (Wildman–Crippen MR) is 23.7 cm³/mol. The smallest absolute Gasteiger partial charge is 0.252 e. The Morgan fingerprint density at radius 3 is 2.71 bits per heavy atom. The molecule has 0 aromatic carbocycles. The van der Waals surface area contributed by atoms with Crippen molar-refractivity contribution in [1.82, 2.24) is 10.5 Å². The average molecular weight is 101 g/mol. The third-order valence-electron chi connectivity index (χ3n) is 0.890. The molecule has 0 atom stereocenters. The monoisotopic (exact) mass is 101 g/mol. The van der Waals surface area contributed by atoms with Crippen LogP contribution in [-0.4, -0.2) is 17.6 Å². The zero-order chi connectivity index (χ0) is 5.28. The molecular formula is C3H7N3O. The summed E-state index contributed by atoms with van der Waals surface area (Å²) in [6.45, 7) is 0.676. The second-order valence-corrected chi connectivity index (χ2v) is 1.42. The van der Waals surface area contributed by atoms with E-state index in [-0.39, 0.29) is 5.91 Å². The molecule has 1 fully saturated rings. The summed E-state index contributed by atoms with van der Waals surface area (Å²) in [5, 5.41) is 1.01. The topological polar surface area (TPSA) is 58.4 Å². The third kappa shape index (κ3) is 0.703. The fourth-order valence-corrected chi connectivity index (χ4v) is 0.492. The molecule has 0 unspecified atom stereocenters. The maximum atomic E-state index is 10.3. The van der Waals surface area contributed by atoms with Crippen molar-refractivity contribution < 1.29 is 4.79 Å². The van der Waals surface area contributed by atoms with Gasteiger partial charge in [0.05, 0.1) is 0 Å². The van der Waals surface area contributed by atoms with Crippen molar-refractivity contribution in [3.8, 4) is 0 Å². The number of nitrogens with one attached hydrogen (secondary N) is 1. The van der Waals surface area contributed by atoms with Gasteiger partial charge in [-0.1, -0.05) is 0 Å². The third-order valence-corrected chi connectivity index (χ3v) is 0.890. The number of hydrazine groups is 2. The van der Waals surface area contributed by atoms with Crippen molar-refractivity contribution in [3.63, 3.8) is 0 Å². The lowest BCUT2D eigenvalue weighted by molar-refractivity contribution is -0.129. The van der Waals surface area contributed by atoms with Gasteiger partial charge < -0.3 is 0 Å². The number of hydrogen-bond donors (Lipinski definition) is 2. The number of carbonyl (C=O) groups excluding carboxylic acids is 1. The molecule has 7 heavy (non-hydrogen) atoms. The molecule has 1 heterocycles. The lowest BCUT2D eigenvalue weighted by atomic mass is 10.5. The minimum absolute atomic E-state index is 0.0417. The molecule has 0 spiro atoms. The van der Waals surface area contributed by atoms with Crippen molar-refractivity contribution in [2.45, 2.75) is 6.42 Å². The molecule has 1 aliphatic rings. The highest BCUT2D eigenvalue weighted by Gasteiger charge is 2.14. The molecule has 0 bridgehead atoms. The number of hydrogen-bond acceptors (Lipinski definition) is 3. The number of carbonyl (C=O) groups is 1. The van der Waals surface area contributed by atoms with Crippen LogP contribution in [0.25, 0.3) is 0 Å². The van der Waals surface area contributed by atoms with Crippen LogP contribution in [-0.2, 0) is 4.79 Å². The van der Waals surface area contributed by atoms with E-state index in [4.69, 9.17) is 5.84 Å². The Balaban J connectivity index is 2.48. The Hall–Kier alpha value is -0.610. The number of rotatable bonds is 0. The predicted octanol–water partition coefficient (Wildman–Crippen LogP) is -1.40. The van der Waals surface area contributed by atoms with Gasteiger partial charge in [-0.2, -0.15) is 0 Å². The van der Waals surface area contributed by atoms with Gasteiger partial charge in [-0.15, -0.1) is 0 Å².